The van der Waals surface area contributed by atoms with Crippen molar-refractivity contribution in [2.45, 2.75) is 43.9 Å². The number of benzene rings is 6. The van der Waals surface area contributed by atoms with Gasteiger partial charge in [-0.1, -0.05) is 109 Å². The predicted molar refractivity (Wildman–Crippen MR) is 186 cm³/mol. The average Bonchev–Trinajstić information content (AvgIpc) is 3.05. The lowest BCUT2D eigenvalue weighted by atomic mass is 9.28. The minimum Gasteiger partial charge on any atom is -0.311 e. The van der Waals surface area contributed by atoms with Crippen LogP contribution in [0.2, 0.25) is 0 Å². The highest BCUT2D eigenvalue weighted by Gasteiger charge is 2.53. The van der Waals surface area contributed by atoms with Crippen LogP contribution in [0.1, 0.15) is 55.6 Å². The quantitative estimate of drug-likeness (QED) is 0.206. The van der Waals surface area contributed by atoms with Crippen LogP contribution in [0.5, 0.6) is 0 Å². The molecule has 11 rings (SSSR count). The van der Waals surface area contributed by atoms with Gasteiger partial charge in [-0.3, -0.25) is 0 Å². The molecule has 6 aromatic carbocycles. The lowest BCUT2D eigenvalue weighted by molar-refractivity contribution is 0.738. The third kappa shape index (κ3) is 3.01. The van der Waals surface area contributed by atoms with E-state index in [1.807, 2.05) is 0 Å². The van der Waals surface area contributed by atoms with Gasteiger partial charge in [-0.25, -0.2) is 0 Å². The molecule has 0 saturated heterocycles. The van der Waals surface area contributed by atoms with Gasteiger partial charge in [0.25, 0.3) is 0 Å². The van der Waals surface area contributed by atoms with Crippen LogP contribution in [-0.2, 0) is 43.9 Å². The van der Waals surface area contributed by atoms with Crippen LogP contribution in [0.15, 0.2) is 121 Å². The number of fused-ring (bicyclic) bond motifs is 8. The van der Waals surface area contributed by atoms with Crippen molar-refractivity contribution < 1.29 is 0 Å². The normalized spacial score (nSPS) is 16.9. The van der Waals surface area contributed by atoms with Crippen LogP contribution in [0.25, 0.3) is 0 Å². The topological polar surface area (TPSA) is 3.24 Å². The molecule has 2 heterocycles. The fourth-order valence-electron chi connectivity index (χ4n) is 9.49. The molecule has 2 aliphatic heterocycles. The summed E-state index contributed by atoms with van der Waals surface area (Å²) in [7, 11) is 0. The third-order valence-corrected chi connectivity index (χ3v) is 11.9. The first-order valence-corrected chi connectivity index (χ1v) is 16.8. The largest absolute Gasteiger partial charge is 0.311 e. The van der Waals surface area contributed by atoms with Crippen molar-refractivity contribution in [3.63, 3.8) is 0 Å². The SMILES string of the molecule is c1ccc(C2(c3ccccc3)c3ccccc3B3c4cc5c(cc4N(c4ccc6c(c4)CC6)c4c6c(cc2c43)CC6)CC5)cc1. The first-order valence-electron chi connectivity index (χ1n) is 16.8. The Bertz CT molecular complexity index is 2190. The third-order valence-electron chi connectivity index (χ3n) is 11.9. The molecule has 1 nitrogen and oxygen atoms in total. The van der Waals surface area contributed by atoms with E-state index < -0.39 is 5.41 Å². The van der Waals surface area contributed by atoms with Crippen LogP contribution >= 0.6 is 0 Å². The maximum Gasteiger partial charge on any atom is 0.247 e. The van der Waals surface area contributed by atoms with E-state index in [0.717, 1.165) is 12.8 Å². The predicted octanol–water partition coefficient (Wildman–Crippen LogP) is 6.98. The summed E-state index contributed by atoms with van der Waals surface area (Å²) in [5.41, 5.74) is 23.0. The van der Waals surface area contributed by atoms with E-state index >= 15 is 0 Å². The average molecular weight is 574 g/mol. The first-order chi connectivity index (χ1) is 22.3. The minimum absolute atomic E-state index is 0.210. The van der Waals surface area contributed by atoms with Crippen molar-refractivity contribution in [3.8, 4) is 0 Å². The zero-order chi connectivity index (χ0) is 29.3. The van der Waals surface area contributed by atoms with Crippen LogP contribution in [0.4, 0.5) is 17.1 Å². The van der Waals surface area contributed by atoms with Crippen molar-refractivity contribution in [2.24, 2.45) is 0 Å². The van der Waals surface area contributed by atoms with Gasteiger partial charge in [-0.2, -0.15) is 0 Å². The van der Waals surface area contributed by atoms with Crippen molar-refractivity contribution in [1.29, 1.82) is 0 Å². The molecule has 212 valence electrons. The van der Waals surface area contributed by atoms with Crippen LogP contribution in [0.3, 0.4) is 0 Å². The monoisotopic (exact) mass is 573 g/mol. The molecule has 6 aromatic rings. The highest BCUT2D eigenvalue weighted by atomic mass is 15.2. The molecule has 0 saturated carbocycles. The second-order valence-electron chi connectivity index (χ2n) is 13.8. The Morgan fingerprint density at radius 2 is 1.13 bits per heavy atom. The number of aryl methyl sites for hydroxylation is 5. The van der Waals surface area contributed by atoms with E-state index in [0.29, 0.717) is 0 Å². The molecule has 0 amide bonds. The number of hydrogen-bond acceptors (Lipinski definition) is 1. The molecule has 5 aliphatic rings. The number of anilines is 3. The summed E-state index contributed by atoms with van der Waals surface area (Å²) in [5.74, 6) is 0. The fourth-order valence-corrected chi connectivity index (χ4v) is 9.49. The van der Waals surface area contributed by atoms with Crippen LogP contribution in [-0.4, -0.2) is 6.71 Å². The van der Waals surface area contributed by atoms with Crippen molar-refractivity contribution >= 4 is 40.2 Å². The zero-order valence-electron chi connectivity index (χ0n) is 25.3. The van der Waals surface area contributed by atoms with Crippen molar-refractivity contribution in [1.82, 2.24) is 0 Å². The summed E-state index contributed by atoms with van der Waals surface area (Å²) >= 11 is 0. The van der Waals surface area contributed by atoms with E-state index in [1.54, 1.807) is 11.1 Å². The lowest BCUT2D eigenvalue weighted by Crippen LogP contribution is -2.66. The number of hydrogen-bond donors (Lipinski definition) is 0. The Balaban J connectivity index is 1.33. The standard InChI is InChI=1S/C43H32BN/c1-3-9-32(10-4-1)43(33-11-5-2-6-12-33)36-13-7-8-14-38(36)44-39-25-29-17-18-30(29)26-40(39)45(34-21-19-27-15-16-28(27)23-34)42-35-22-20-31(35)24-37(43)41(42)44/h1-14,19,21,23-26H,15-18,20,22H2. The fraction of sp³-hybridized carbons (Fsp3) is 0.163. The second-order valence-corrected chi connectivity index (χ2v) is 13.8. The molecule has 0 bridgehead atoms. The summed E-state index contributed by atoms with van der Waals surface area (Å²) < 4.78 is 0. The summed E-state index contributed by atoms with van der Waals surface area (Å²) in [4.78, 5) is 2.70. The molecular weight excluding hydrogens is 541 g/mol. The molecule has 0 N–H and O–H groups in total. The molecule has 0 aromatic heterocycles. The van der Waals surface area contributed by atoms with Crippen LogP contribution in [0, 0.1) is 0 Å². The molecule has 2 heteroatoms. The lowest BCUT2D eigenvalue weighted by Gasteiger charge is -2.51. The van der Waals surface area contributed by atoms with Gasteiger partial charge in [0.2, 0.25) is 6.71 Å². The molecule has 0 unspecified atom stereocenters. The van der Waals surface area contributed by atoms with E-state index in [-0.39, 0.29) is 6.71 Å². The number of rotatable bonds is 3. The van der Waals surface area contributed by atoms with Crippen molar-refractivity contribution in [2.75, 3.05) is 4.90 Å². The van der Waals surface area contributed by atoms with Gasteiger partial charge >= 0.3 is 0 Å². The summed E-state index contributed by atoms with van der Waals surface area (Å²) in [5, 5.41) is 0. The Hall–Kier alpha value is -4.82. The first kappa shape index (κ1) is 24.5. The molecule has 0 radical (unpaired) electrons. The van der Waals surface area contributed by atoms with Gasteiger partial charge in [0.05, 0.1) is 5.41 Å². The summed E-state index contributed by atoms with van der Waals surface area (Å²) in [6.45, 7) is 0.210. The van der Waals surface area contributed by atoms with Gasteiger partial charge in [0.15, 0.2) is 0 Å². The Morgan fingerprint density at radius 1 is 0.489 bits per heavy atom. The zero-order valence-corrected chi connectivity index (χ0v) is 25.3. The Kier molecular flexibility index (Phi) is 4.72. The van der Waals surface area contributed by atoms with Gasteiger partial charge < -0.3 is 4.90 Å². The molecule has 45 heavy (non-hydrogen) atoms. The van der Waals surface area contributed by atoms with Crippen LogP contribution < -0.4 is 21.3 Å². The molecule has 0 fully saturated rings. The smallest absolute Gasteiger partial charge is 0.247 e. The molecule has 0 atom stereocenters. The highest BCUT2D eigenvalue weighted by Crippen LogP contribution is 2.52. The molecular formula is C43H32BN. The molecule has 3 aliphatic carbocycles. The maximum absolute atomic E-state index is 2.70. The Morgan fingerprint density at radius 3 is 1.80 bits per heavy atom. The van der Waals surface area contributed by atoms with E-state index in [2.05, 4.69) is 126 Å². The maximum atomic E-state index is 2.70. The number of nitrogens with zero attached hydrogens (tertiary/aromatic N) is 1. The van der Waals surface area contributed by atoms with E-state index in [9.17, 15) is 0 Å². The summed E-state index contributed by atoms with van der Waals surface area (Å²) in [6.07, 6.45) is 7.09. The second kappa shape index (κ2) is 8.67. The highest BCUT2D eigenvalue weighted by molar-refractivity contribution is 6.99. The Labute approximate surface area is 265 Å². The van der Waals surface area contributed by atoms with Gasteiger partial charge in [0, 0.05) is 17.1 Å². The summed E-state index contributed by atoms with van der Waals surface area (Å²) in [6, 6.07) is 47.2. The molecule has 0 spiro atoms. The van der Waals surface area contributed by atoms with E-state index in [4.69, 9.17) is 0 Å². The van der Waals surface area contributed by atoms with Gasteiger partial charge in [-0.15, -0.1) is 0 Å². The van der Waals surface area contributed by atoms with Gasteiger partial charge in [0.1, 0.15) is 0 Å². The minimum atomic E-state index is -0.409. The van der Waals surface area contributed by atoms with Crippen molar-refractivity contribution in [3.05, 3.63) is 177 Å². The van der Waals surface area contributed by atoms with E-state index in [1.165, 1.54) is 104 Å². The van der Waals surface area contributed by atoms with Gasteiger partial charge in [-0.05, 0) is 123 Å².